The Labute approximate surface area is 68.2 Å². The Balaban J connectivity index is 1.79. The lowest BCUT2D eigenvalue weighted by atomic mass is 10.00. The summed E-state index contributed by atoms with van der Waals surface area (Å²) >= 11 is 0. The number of rotatable bonds is 4. The zero-order chi connectivity index (χ0) is 7.90. The highest BCUT2D eigenvalue weighted by atomic mass is 16.1. The average Bonchev–Trinajstić information content (AvgIpc) is 2.89. The molecule has 0 heterocycles. The molecule has 62 valence electrons. The van der Waals surface area contributed by atoms with Gasteiger partial charge in [-0.15, -0.1) is 0 Å². The fourth-order valence-corrected chi connectivity index (χ4v) is 2.11. The van der Waals surface area contributed by atoms with E-state index in [0.29, 0.717) is 0 Å². The molecule has 2 rings (SSSR count). The zero-order valence-corrected chi connectivity index (χ0v) is 7.18. The second kappa shape index (κ2) is 2.33. The van der Waals surface area contributed by atoms with E-state index in [4.69, 9.17) is 0 Å². The van der Waals surface area contributed by atoms with Gasteiger partial charge in [-0.1, -0.05) is 13.3 Å². The molecule has 0 bridgehead atoms. The maximum atomic E-state index is 10.6. The van der Waals surface area contributed by atoms with Crippen molar-refractivity contribution in [2.75, 3.05) is 0 Å². The highest BCUT2D eigenvalue weighted by Gasteiger charge is 2.49. The molecule has 0 aliphatic heterocycles. The topological polar surface area (TPSA) is 17.1 Å². The third-order valence-corrected chi connectivity index (χ3v) is 3.40. The summed E-state index contributed by atoms with van der Waals surface area (Å²) in [5.74, 6) is 1.88. The van der Waals surface area contributed by atoms with Crippen LogP contribution in [0, 0.1) is 17.3 Å². The van der Waals surface area contributed by atoms with Crippen LogP contribution in [0.1, 0.15) is 39.0 Å². The SMILES string of the molecule is CC[C@@H]1C[C@H]1CC1(C=O)CC1. The molecule has 0 saturated heterocycles. The molecule has 0 N–H and O–H groups in total. The van der Waals surface area contributed by atoms with Crippen molar-refractivity contribution in [3.8, 4) is 0 Å². The largest absolute Gasteiger partial charge is 0.303 e. The van der Waals surface area contributed by atoms with Crippen LogP contribution in [-0.4, -0.2) is 6.29 Å². The number of hydrogen-bond acceptors (Lipinski definition) is 1. The molecule has 1 heteroatoms. The normalized spacial score (nSPS) is 38.3. The van der Waals surface area contributed by atoms with Gasteiger partial charge in [-0.25, -0.2) is 0 Å². The lowest BCUT2D eigenvalue weighted by Crippen LogP contribution is -2.03. The number of aldehydes is 1. The molecular weight excluding hydrogens is 136 g/mol. The molecule has 2 aliphatic carbocycles. The monoisotopic (exact) mass is 152 g/mol. The predicted octanol–water partition coefficient (Wildman–Crippen LogP) is 2.40. The number of carbonyl (C=O) groups excluding carboxylic acids is 1. The van der Waals surface area contributed by atoms with Gasteiger partial charge < -0.3 is 4.79 Å². The van der Waals surface area contributed by atoms with E-state index in [1.165, 1.54) is 38.4 Å². The quantitative estimate of drug-likeness (QED) is 0.565. The summed E-state index contributed by atoms with van der Waals surface area (Å²) in [7, 11) is 0. The van der Waals surface area contributed by atoms with Gasteiger partial charge in [0, 0.05) is 5.41 Å². The van der Waals surface area contributed by atoms with Gasteiger partial charge in [-0.3, -0.25) is 0 Å². The predicted molar refractivity (Wildman–Crippen MR) is 44.2 cm³/mol. The van der Waals surface area contributed by atoms with Crippen LogP contribution in [-0.2, 0) is 4.79 Å². The van der Waals surface area contributed by atoms with Gasteiger partial charge >= 0.3 is 0 Å². The second-order valence-electron chi connectivity index (χ2n) is 4.35. The van der Waals surface area contributed by atoms with E-state index in [9.17, 15) is 4.79 Å². The van der Waals surface area contributed by atoms with Crippen LogP contribution in [0.25, 0.3) is 0 Å². The van der Waals surface area contributed by atoms with Gasteiger partial charge in [0.2, 0.25) is 0 Å². The van der Waals surface area contributed by atoms with E-state index in [-0.39, 0.29) is 5.41 Å². The van der Waals surface area contributed by atoms with Crippen molar-refractivity contribution in [2.45, 2.75) is 39.0 Å². The number of hydrogen-bond donors (Lipinski definition) is 0. The van der Waals surface area contributed by atoms with Crippen molar-refractivity contribution < 1.29 is 4.79 Å². The van der Waals surface area contributed by atoms with Gasteiger partial charge in [0.15, 0.2) is 0 Å². The van der Waals surface area contributed by atoms with Gasteiger partial charge in [0.05, 0.1) is 0 Å². The Bertz CT molecular complexity index is 170. The maximum absolute atomic E-state index is 10.6. The average molecular weight is 152 g/mol. The Morgan fingerprint density at radius 1 is 1.45 bits per heavy atom. The van der Waals surface area contributed by atoms with Crippen molar-refractivity contribution in [2.24, 2.45) is 17.3 Å². The third kappa shape index (κ3) is 1.33. The van der Waals surface area contributed by atoms with Crippen LogP contribution in [0.5, 0.6) is 0 Å². The molecule has 11 heavy (non-hydrogen) atoms. The highest BCUT2D eigenvalue weighted by molar-refractivity contribution is 5.63. The number of carbonyl (C=O) groups is 1. The van der Waals surface area contributed by atoms with Crippen LogP contribution < -0.4 is 0 Å². The lowest BCUT2D eigenvalue weighted by Gasteiger charge is -2.04. The molecule has 0 aromatic heterocycles. The summed E-state index contributed by atoms with van der Waals surface area (Å²) < 4.78 is 0. The van der Waals surface area contributed by atoms with Crippen LogP contribution in [0.4, 0.5) is 0 Å². The Hall–Kier alpha value is -0.330. The lowest BCUT2D eigenvalue weighted by molar-refractivity contribution is -0.112. The summed E-state index contributed by atoms with van der Waals surface area (Å²) in [5, 5.41) is 0. The fraction of sp³-hybridized carbons (Fsp3) is 0.900. The summed E-state index contributed by atoms with van der Waals surface area (Å²) in [5.41, 5.74) is 0.175. The van der Waals surface area contributed by atoms with Crippen LogP contribution in [0.2, 0.25) is 0 Å². The minimum absolute atomic E-state index is 0.175. The Morgan fingerprint density at radius 3 is 2.55 bits per heavy atom. The maximum Gasteiger partial charge on any atom is 0.126 e. The molecule has 2 fully saturated rings. The van der Waals surface area contributed by atoms with Crippen molar-refractivity contribution >= 4 is 6.29 Å². The van der Waals surface area contributed by atoms with E-state index >= 15 is 0 Å². The molecule has 0 radical (unpaired) electrons. The van der Waals surface area contributed by atoms with E-state index in [2.05, 4.69) is 6.92 Å². The molecule has 0 aromatic carbocycles. The van der Waals surface area contributed by atoms with Gasteiger partial charge in [0.1, 0.15) is 6.29 Å². The summed E-state index contributed by atoms with van der Waals surface area (Å²) in [6.07, 6.45) is 7.46. The molecule has 2 aliphatic rings. The van der Waals surface area contributed by atoms with E-state index in [0.717, 1.165) is 11.8 Å². The summed E-state index contributed by atoms with van der Waals surface area (Å²) in [6.45, 7) is 2.26. The summed E-state index contributed by atoms with van der Waals surface area (Å²) in [6, 6.07) is 0. The smallest absolute Gasteiger partial charge is 0.126 e. The molecule has 0 spiro atoms. The van der Waals surface area contributed by atoms with Crippen molar-refractivity contribution in [1.29, 1.82) is 0 Å². The van der Waals surface area contributed by atoms with Crippen molar-refractivity contribution in [1.82, 2.24) is 0 Å². The molecule has 1 nitrogen and oxygen atoms in total. The van der Waals surface area contributed by atoms with E-state index in [1.807, 2.05) is 0 Å². The third-order valence-electron chi connectivity index (χ3n) is 3.40. The molecule has 0 aromatic rings. The zero-order valence-electron chi connectivity index (χ0n) is 7.18. The minimum Gasteiger partial charge on any atom is -0.303 e. The first kappa shape index (κ1) is 7.33. The Kier molecular flexibility index (Phi) is 1.55. The standard InChI is InChI=1S/C10H16O/c1-2-8-5-9(8)6-10(7-11)3-4-10/h7-9H,2-6H2,1H3/t8-,9+/m1/s1. The fourth-order valence-electron chi connectivity index (χ4n) is 2.11. The summed E-state index contributed by atoms with van der Waals surface area (Å²) in [4.78, 5) is 10.6. The van der Waals surface area contributed by atoms with Crippen molar-refractivity contribution in [3.63, 3.8) is 0 Å². The first-order valence-electron chi connectivity index (χ1n) is 4.76. The Morgan fingerprint density at radius 2 is 2.18 bits per heavy atom. The molecular formula is C10H16O. The van der Waals surface area contributed by atoms with E-state index < -0.39 is 0 Å². The first-order valence-corrected chi connectivity index (χ1v) is 4.76. The highest BCUT2D eigenvalue weighted by Crippen LogP contribution is 2.56. The first-order chi connectivity index (χ1) is 5.29. The van der Waals surface area contributed by atoms with E-state index in [1.54, 1.807) is 0 Å². The molecule has 2 atom stereocenters. The second-order valence-corrected chi connectivity index (χ2v) is 4.35. The van der Waals surface area contributed by atoms with Gasteiger partial charge in [0.25, 0.3) is 0 Å². The van der Waals surface area contributed by atoms with Crippen LogP contribution >= 0.6 is 0 Å². The molecule has 0 unspecified atom stereocenters. The van der Waals surface area contributed by atoms with Crippen molar-refractivity contribution in [3.05, 3.63) is 0 Å². The van der Waals surface area contributed by atoms with Gasteiger partial charge in [-0.05, 0) is 37.5 Å². The van der Waals surface area contributed by atoms with Crippen LogP contribution in [0.15, 0.2) is 0 Å². The molecule has 2 saturated carbocycles. The van der Waals surface area contributed by atoms with Crippen LogP contribution in [0.3, 0.4) is 0 Å². The van der Waals surface area contributed by atoms with Gasteiger partial charge in [-0.2, -0.15) is 0 Å². The molecule has 0 amide bonds. The minimum atomic E-state index is 0.175.